The fourth-order valence-corrected chi connectivity index (χ4v) is 2.41. The van der Waals surface area contributed by atoms with Gasteiger partial charge in [-0.1, -0.05) is 17.7 Å². The minimum atomic E-state index is -0.0456. The lowest BCUT2D eigenvalue weighted by atomic mass is 10.1. The first-order valence-electron chi connectivity index (χ1n) is 6.51. The summed E-state index contributed by atoms with van der Waals surface area (Å²) in [5.41, 5.74) is 0.744. The van der Waals surface area contributed by atoms with Crippen molar-refractivity contribution in [1.82, 2.24) is 10.2 Å². The van der Waals surface area contributed by atoms with Crippen LogP contribution in [0.3, 0.4) is 0 Å². The summed E-state index contributed by atoms with van der Waals surface area (Å²) in [6.45, 7) is 2.81. The van der Waals surface area contributed by atoms with Gasteiger partial charge in [-0.15, -0.1) is 0 Å². The number of hydrogen-bond acceptors (Lipinski definition) is 3. The van der Waals surface area contributed by atoms with Gasteiger partial charge in [-0.25, -0.2) is 0 Å². The number of nitrogens with zero attached hydrogens (tertiary/aromatic N) is 1. The molecular weight excluding hydrogens is 280 g/mol. The Labute approximate surface area is 122 Å². The average Bonchev–Trinajstić information content (AvgIpc) is 2.56. The number of rotatable bonds is 2. The third-order valence-electron chi connectivity index (χ3n) is 3.39. The lowest BCUT2D eigenvalue weighted by Crippen LogP contribution is -2.42. The van der Waals surface area contributed by atoms with Crippen LogP contribution >= 0.6 is 11.6 Å². The molecule has 0 aliphatic carbocycles. The second-order valence-electron chi connectivity index (χ2n) is 4.95. The minimum absolute atomic E-state index is 0.000743. The van der Waals surface area contributed by atoms with Crippen molar-refractivity contribution < 1.29 is 14.7 Å². The molecule has 20 heavy (non-hydrogen) atoms. The number of aromatic hydroxyl groups is 1. The Morgan fingerprint density at radius 3 is 3.00 bits per heavy atom. The van der Waals surface area contributed by atoms with Crippen LogP contribution in [0, 0.1) is 0 Å². The molecule has 108 valence electrons. The molecule has 1 aromatic rings. The van der Waals surface area contributed by atoms with E-state index in [1.165, 1.54) is 6.07 Å². The van der Waals surface area contributed by atoms with Crippen molar-refractivity contribution in [3.05, 3.63) is 28.8 Å². The van der Waals surface area contributed by atoms with Crippen LogP contribution in [0.15, 0.2) is 18.2 Å². The summed E-state index contributed by atoms with van der Waals surface area (Å²) in [5, 5.41) is 12.4. The highest BCUT2D eigenvalue weighted by atomic mass is 35.5. The fourth-order valence-electron chi connectivity index (χ4n) is 2.21. The van der Waals surface area contributed by atoms with Crippen LogP contribution in [0.1, 0.15) is 18.9 Å². The Kier molecular flexibility index (Phi) is 4.49. The molecule has 2 amide bonds. The molecule has 1 aromatic carbocycles. The van der Waals surface area contributed by atoms with Crippen molar-refractivity contribution in [3.63, 3.8) is 0 Å². The van der Waals surface area contributed by atoms with Gasteiger partial charge in [-0.05, 0) is 24.6 Å². The van der Waals surface area contributed by atoms with Crippen molar-refractivity contribution in [2.24, 2.45) is 0 Å². The number of halogens is 1. The lowest BCUT2D eigenvalue weighted by molar-refractivity contribution is -0.132. The smallest absolute Gasteiger partial charge is 0.227 e. The van der Waals surface area contributed by atoms with E-state index in [1.807, 2.05) is 6.92 Å². The van der Waals surface area contributed by atoms with E-state index < -0.39 is 0 Å². The van der Waals surface area contributed by atoms with Crippen LogP contribution < -0.4 is 5.32 Å². The Morgan fingerprint density at radius 1 is 1.55 bits per heavy atom. The molecule has 2 N–H and O–H groups in total. The first kappa shape index (κ1) is 14.7. The maximum atomic E-state index is 12.3. The lowest BCUT2D eigenvalue weighted by Gasteiger charge is -2.26. The van der Waals surface area contributed by atoms with Crippen LogP contribution in [0.5, 0.6) is 5.75 Å². The number of hydrogen-bond donors (Lipinski definition) is 2. The van der Waals surface area contributed by atoms with Gasteiger partial charge in [0.25, 0.3) is 0 Å². The van der Waals surface area contributed by atoms with Crippen molar-refractivity contribution in [2.45, 2.75) is 25.8 Å². The SMILES string of the molecule is C[C@@H]1CNC(=O)CCN1C(=O)Cc1ccc(O)c(Cl)c1. The molecule has 0 saturated carbocycles. The quantitative estimate of drug-likeness (QED) is 0.865. The van der Waals surface area contributed by atoms with Crippen LogP contribution in [0.2, 0.25) is 5.02 Å². The molecule has 1 heterocycles. The Balaban J connectivity index is 2.06. The number of phenolic OH excluding ortho intramolecular Hbond substituents is 1. The molecule has 0 radical (unpaired) electrons. The maximum Gasteiger partial charge on any atom is 0.227 e. The first-order valence-corrected chi connectivity index (χ1v) is 6.88. The number of nitrogens with one attached hydrogen (secondary N) is 1. The molecule has 1 saturated heterocycles. The number of benzene rings is 1. The summed E-state index contributed by atoms with van der Waals surface area (Å²) in [4.78, 5) is 25.4. The highest BCUT2D eigenvalue weighted by Gasteiger charge is 2.24. The third-order valence-corrected chi connectivity index (χ3v) is 3.70. The molecule has 0 bridgehead atoms. The zero-order chi connectivity index (χ0) is 14.7. The molecule has 6 heteroatoms. The molecule has 0 aromatic heterocycles. The van der Waals surface area contributed by atoms with E-state index in [9.17, 15) is 14.7 Å². The largest absolute Gasteiger partial charge is 0.506 e. The van der Waals surface area contributed by atoms with Gasteiger partial charge in [0.1, 0.15) is 5.75 Å². The van der Waals surface area contributed by atoms with Gasteiger partial charge in [0, 0.05) is 25.6 Å². The molecule has 0 spiro atoms. The molecule has 1 atom stereocenters. The monoisotopic (exact) mass is 296 g/mol. The van der Waals surface area contributed by atoms with E-state index in [0.717, 1.165) is 5.56 Å². The third kappa shape index (κ3) is 3.42. The Hall–Kier alpha value is -1.75. The van der Waals surface area contributed by atoms with E-state index in [2.05, 4.69) is 5.32 Å². The number of carbonyl (C=O) groups is 2. The summed E-state index contributed by atoms with van der Waals surface area (Å²) in [6, 6.07) is 4.70. The highest BCUT2D eigenvalue weighted by molar-refractivity contribution is 6.32. The molecule has 1 aliphatic rings. The molecule has 2 rings (SSSR count). The number of phenols is 1. The molecule has 1 aliphatic heterocycles. The Morgan fingerprint density at radius 2 is 2.30 bits per heavy atom. The van der Waals surface area contributed by atoms with Crippen molar-refractivity contribution in [3.8, 4) is 5.75 Å². The second kappa shape index (κ2) is 6.13. The first-order chi connectivity index (χ1) is 9.47. The maximum absolute atomic E-state index is 12.3. The summed E-state index contributed by atoms with van der Waals surface area (Å²) in [7, 11) is 0. The summed E-state index contributed by atoms with van der Waals surface area (Å²) < 4.78 is 0. The molecular formula is C14H17ClN2O3. The highest BCUT2D eigenvalue weighted by Crippen LogP contribution is 2.24. The van der Waals surface area contributed by atoms with E-state index >= 15 is 0 Å². The van der Waals surface area contributed by atoms with Crippen LogP contribution in [-0.4, -0.2) is 41.0 Å². The standard InChI is InChI=1S/C14H17ClN2O3/c1-9-8-16-13(19)4-5-17(9)14(20)7-10-2-3-12(18)11(15)6-10/h2-3,6,9,18H,4-5,7-8H2,1H3,(H,16,19)/t9-/m1/s1. The molecule has 5 nitrogen and oxygen atoms in total. The number of amides is 2. The minimum Gasteiger partial charge on any atom is -0.506 e. The van der Waals surface area contributed by atoms with Gasteiger partial charge in [-0.3, -0.25) is 9.59 Å². The topological polar surface area (TPSA) is 69.6 Å². The van der Waals surface area contributed by atoms with Gasteiger partial charge in [-0.2, -0.15) is 0 Å². The van der Waals surface area contributed by atoms with Gasteiger partial charge >= 0.3 is 0 Å². The molecule has 0 unspecified atom stereocenters. The van der Waals surface area contributed by atoms with Crippen LogP contribution in [0.4, 0.5) is 0 Å². The van der Waals surface area contributed by atoms with E-state index in [0.29, 0.717) is 19.5 Å². The normalized spacial score (nSPS) is 19.4. The second-order valence-corrected chi connectivity index (χ2v) is 5.36. The van der Waals surface area contributed by atoms with Crippen molar-refractivity contribution in [1.29, 1.82) is 0 Å². The van der Waals surface area contributed by atoms with E-state index in [-0.39, 0.29) is 35.0 Å². The van der Waals surface area contributed by atoms with Crippen molar-refractivity contribution >= 4 is 23.4 Å². The Bertz CT molecular complexity index is 533. The zero-order valence-electron chi connectivity index (χ0n) is 11.2. The summed E-state index contributed by atoms with van der Waals surface area (Å²) in [5.74, 6) is -0.0728. The van der Waals surface area contributed by atoms with E-state index in [1.54, 1.807) is 17.0 Å². The van der Waals surface area contributed by atoms with Crippen molar-refractivity contribution in [2.75, 3.05) is 13.1 Å². The number of carbonyl (C=O) groups excluding carboxylic acids is 2. The predicted octanol–water partition coefficient (Wildman–Crippen LogP) is 1.33. The van der Waals surface area contributed by atoms with E-state index in [4.69, 9.17) is 11.6 Å². The predicted molar refractivity (Wildman–Crippen MR) is 75.6 cm³/mol. The van der Waals surface area contributed by atoms with Crippen LogP contribution in [0.25, 0.3) is 0 Å². The molecule has 1 fully saturated rings. The van der Waals surface area contributed by atoms with Gasteiger partial charge in [0.05, 0.1) is 11.4 Å². The summed E-state index contributed by atoms with van der Waals surface area (Å²) >= 11 is 5.83. The summed E-state index contributed by atoms with van der Waals surface area (Å²) in [6.07, 6.45) is 0.533. The average molecular weight is 297 g/mol. The zero-order valence-corrected chi connectivity index (χ0v) is 12.0. The fraction of sp³-hybridized carbons (Fsp3) is 0.429. The van der Waals surface area contributed by atoms with Gasteiger partial charge in [0.15, 0.2) is 0 Å². The van der Waals surface area contributed by atoms with Gasteiger partial charge in [0.2, 0.25) is 11.8 Å². The van der Waals surface area contributed by atoms with Gasteiger partial charge < -0.3 is 15.3 Å². The van der Waals surface area contributed by atoms with Crippen LogP contribution in [-0.2, 0) is 16.0 Å².